The Balaban J connectivity index is 1.56. The molecule has 2 aromatic carbocycles. The lowest BCUT2D eigenvalue weighted by Crippen LogP contribution is -2.27. The first-order valence-electron chi connectivity index (χ1n) is 9.73. The monoisotopic (exact) mass is 461 g/mol. The second kappa shape index (κ2) is 9.11. The van der Waals surface area contributed by atoms with E-state index in [0.717, 1.165) is 22.2 Å². The van der Waals surface area contributed by atoms with Crippen molar-refractivity contribution in [1.29, 1.82) is 0 Å². The second-order valence-electron chi connectivity index (χ2n) is 6.64. The standard InChI is InChI=1S/C22H20ClNO6S/c1-3-27-16-6-5-13(7-17(16)28-4-2)8-20-21(25)24(22(26)31-20)11-14-9-18-19(10-15(14)23)30-12-29-18/h5-10H,3-4,11-12H2,1-2H3/b20-8-. The summed E-state index contributed by atoms with van der Waals surface area (Å²) in [4.78, 5) is 26.9. The number of imide groups is 1. The fourth-order valence-corrected chi connectivity index (χ4v) is 4.25. The summed E-state index contributed by atoms with van der Waals surface area (Å²) in [6, 6.07) is 8.71. The van der Waals surface area contributed by atoms with Gasteiger partial charge in [-0.05, 0) is 61.0 Å². The van der Waals surface area contributed by atoms with Crippen LogP contribution in [-0.4, -0.2) is 36.1 Å². The Bertz CT molecular complexity index is 1070. The van der Waals surface area contributed by atoms with Crippen molar-refractivity contribution in [3.63, 3.8) is 0 Å². The largest absolute Gasteiger partial charge is 0.490 e. The average Bonchev–Trinajstić information content (AvgIpc) is 3.29. The van der Waals surface area contributed by atoms with Gasteiger partial charge in [-0.1, -0.05) is 17.7 Å². The van der Waals surface area contributed by atoms with Gasteiger partial charge in [0, 0.05) is 11.1 Å². The Hall–Kier alpha value is -2.84. The molecular weight excluding hydrogens is 442 g/mol. The normalized spacial score (nSPS) is 16.4. The fraction of sp³-hybridized carbons (Fsp3) is 0.273. The molecule has 7 nitrogen and oxygen atoms in total. The van der Waals surface area contributed by atoms with Crippen molar-refractivity contribution in [1.82, 2.24) is 4.90 Å². The van der Waals surface area contributed by atoms with E-state index in [1.165, 1.54) is 0 Å². The lowest BCUT2D eigenvalue weighted by molar-refractivity contribution is -0.123. The average molecular weight is 462 g/mol. The molecule has 0 aliphatic carbocycles. The molecule has 2 amide bonds. The molecule has 0 bridgehead atoms. The van der Waals surface area contributed by atoms with Gasteiger partial charge in [0.05, 0.1) is 24.7 Å². The highest BCUT2D eigenvalue weighted by molar-refractivity contribution is 8.18. The van der Waals surface area contributed by atoms with Crippen LogP contribution in [0.5, 0.6) is 23.0 Å². The molecule has 0 N–H and O–H groups in total. The van der Waals surface area contributed by atoms with E-state index in [-0.39, 0.29) is 24.5 Å². The molecule has 1 saturated heterocycles. The van der Waals surface area contributed by atoms with E-state index in [2.05, 4.69) is 0 Å². The molecule has 0 saturated carbocycles. The predicted octanol–water partition coefficient (Wildman–Crippen LogP) is 5.10. The zero-order valence-corrected chi connectivity index (χ0v) is 18.5. The third-order valence-electron chi connectivity index (χ3n) is 4.61. The summed E-state index contributed by atoms with van der Waals surface area (Å²) < 4.78 is 21.9. The fourth-order valence-electron chi connectivity index (χ4n) is 3.20. The molecule has 2 aliphatic heterocycles. The Morgan fingerprint density at radius 3 is 2.52 bits per heavy atom. The lowest BCUT2D eigenvalue weighted by Gasteiger charge is -2.14. The van der Waals surface area contributed by atoms with Gasteiger partial charge < -0.3 is 18.9 Å². The number of nitrogens with zero attached hydrogens (tertiary/aromatic N) is 1. The van der Waals surface area contributed by atoms with Crippen LogP contribution in [0.1, 0.15) is 25.0 Å². The molecule has 162 valence electrons. The topological polar surface area (TPSA) is 74.3 Å². The molecule has 9 heteroatoms. The maximum atomic E-state index is 12.9. The summed E-state index contributed by atoms with van der Waals surface area (Å²) in [6.07, 6.45) is 1.67. The van der Waals surface area contributed by atoms with Crippen LogP contribution in [0.3, 0.4) is 0 Å². The van der Waals surface area contributed by atoms with Crippen LogP contribution in [0.15, 0.2) is 35.2 Å². The van der Waals surface area contributed by atoms with E-state index in [0.29, 0.717) is 51.7 Å². The van der Waals surface area contributed by atoms with E-state index in [1.807, 2.05) is 19.9 Å². The van der Waals surface area contributed by atoms with Gasteiger partial charge in [-0.2, -0.15) is 0 Å². The molecule has 0 atom stereocenters. The summed E-state index contributed by atoms with van der Waals surface area (Å²) in [7, 11) is 0. The van der Waals surface area contributed by atoms with Crippen LogP contribution in [0.2, 0.25) is 5.02 Å². The number of fused-ring (bicyclic) bond motifs is 1. The number of benzene rings is 2. The SMILES string of the molecule is CCOc1ccc(/C=C2\SC(=O)N(Cc3cc4c(cc3Cl)OCO4)C2=O)cc1OCC. The number of carbonyl (C=O) groups is 2. The summed E-state index contributed by atoms with van der Waals surface area (Å²) in [5.74, 6) is 1.93. The molecule has 2 aliphatic rings. The van der Waals surface area contributed by atoms with E-state index >= 15 is 0 Å². The third kappa shape index (κ3) is 4.45. The summed E-state index contributed by atoms with van der Waals surface area (Å²) in [5.41, 5.74) is 1.34. The van der Waals surface area contributed by atoms with Gasteiger partial charge in [-0.25, -0.2) is 0 Å². The maximum Gasteiger partial charge on any atom is 0.293 e. The Labute approximate surface area is 188 Å². The first-order valence-corrected chi connectivity index (χ1v) is 10.9. The van der Waals surface area contributed by atoms with Gasteiger partial charge in [0.1, 0.15) is 0 Å². The highest BCUT2D eigenvalue weighted by Crippen LogP contribution is 2.40. The van der Waals surface area contributed by atoms with E-state index in [9.17, 15) is 9.59 Å². The van der Waals surface area contributed by atoms with Crippen molar-refractivity contribution in [3.05, 3.63) is 51.4 Å². The minimum atomic E-state index is -0.379. The van der Waals surface area contributed by atoms with Crippen LogP contribution in [0.4, 0.5) is 4.79 Å². The molecule has 4 rings (SSSR count). The van der Waals surface area contributed by atoms with Crippen molar-refractivity contribution in [2.24, 2.45) is 0 Å². The quantitative estimate of drug-likeness (QED) is 0.531. The number of carbonyl (C=O) groups excluding carboxylic acids is 2. The minimum absolute atomic E-state index is 0.0466. The number of thioether (sulfide) groups is 1. The number of hydrogen-bond donors (Lipinski definition) is 0. The second-order valence-corrected chi connectivity index (χ2v) is 8.04. The molecule has 2 heterocycles. The molecule has 0 unspecified atom stereocenters. The van der Waals surface area contributed by atoms with Crippen LogP contribution < -0.4 is 18.9 Å². The predicted molar refractivity (Wildman–Crippen MR) is 118 cm³/mol. The van der Waals surface area contributed by atoms with Crippen molar-refractivity contribution >= 4 is 40.6 Å². The third-order valence-corrected chi connectivity index (χ3v) is 5.87. The molecule has 31 heavy (non-hydrogen) atoms. The Morgan fingerprint density at radius 1 is 1.06 bits per heavy atom. The molecule has 0 spiro atoms. The number of hydrogen-bond acceptors (Lipinski definition) is 7. The molecule has 1 fully saturated rings. The minimum Gasteiger partial charge on any atom is -0.490 e. The first kappa shape index (κ1) is 21.4. The Morgan fingerprint density at radius 2 is 1.77 bits per heavy atom. The van der Waals surface area contributed by atoms with Crippen molar-refractivity contribution < 1.29 is 28.5 Å². The van der Waals surface area contributed by atoms with Gasteiger partial charge in [0.2, 0.25) is 6.79 Å². The summed E-state index contributed by atoms with van der Waals surface area (Å²) in [5, 5.41) is 0.0427. The molecule has 2 aromatic rings. The Kier molecular flexibility index (Phi) is 6.29. The number of amides is 2. The maximum absolute atomic E-state index is 12.9. The highest BCUT2D eigenvalue weighted by Gasteiger charge is 2.35. The van der Waals surface area contributed by atoms with Gasteiger partial charge >= 0.3 is 0 Å². The molecule has 0 radical (unpaired) electrons. The smallest absolute Gasteiger partial charge is 0.293 e. The van der Waals surface area contributed by atoms with Gasteiger partial charge in [0.25, 0.3) is 11.1 Å². The van der Waals surface area contributed by atoms with Crippen molar-refractivity contribution in [3.8, 4) is 23.0 Å². The highest BCUT2D eigenvalue weighted by atomic mass is 35.5. The van der Waals surface area contributed by atoms with Gasteiger partial charge in [-0.3, -0.25) is 14.5 Å². The van der Waals surface area contributed by atoms with Crippen LogP contribution in [0, 0.1) is 0 Å². The molecular formula is C22H20ClNO6S. The lowest BCUT2D eigenvalue weighted by atomic mass is 10.1. The zero-order valence-electron chi connectivity index (χ0n) is 17.0. The van der Waals surface area contributed by atoms with E-state index in [1.54, 1.807) is 30.3 Å². The van der Waals surface area contributed by atoms with Crippen LogP contribution in [-0.2, 0) is 11.3 Å². The van der Waals surface area contributed by atoms with Crippen molar-refractivity contribution in [2.75, 3.05) is 20.0 Å². The van der Waals surface area contributed by atoms with E-state index < -0.39 is 0 Å². The molecule has 0 aromatic heterocycles. The van der Waals surface area contributed by atoms with Crippen LogP contribution in [0.25, 0.3) is 6.08 Å². The summed E-state index contributed by atoms with van der Waals surface area (Å²) >= 11 is 7.19. The zero-order chi connectivity index (χ0) is 22.0. The number of rotatable bonds is 7. The van der Waals surface area contributed by atoms with Gasteiger partial charge in [-0.15, -0.1) is 0 Å². The van der Waals surface area contributed by atoms with Gasteiger partial charge in [0.15, 0.2) is 23.0 Å². The van der Waals surface area contributed by atoms with Crippen LogP contribution >= 0.6 is 23.4 Å². The summed E-state index contributed by atoms with van der Waals surface area (Å²) in [6.45, 7) is 4.94. The van der Waals surface area contributed by atoms with E-state index in [4.69, 9.17) is 30.5 Å². The number of ether oxygens (including phenoxy) is 4. The first-order chi connectivity index (χ1) is 15.0. The van der Waals surface area contributed by atoms with Crippen molar-refractivity contribution in [2.45, 2.75) is 20.4 Å². The number of halogens is 1.